The van der Waals surface area contributed by atoms with Gasteiger partial charge in [-0.05, 0) is 32.4 Å². The lowest BCUT2D eigenvalue weighted by Crippen LogP contribution is -2.21. The van der Waals surface area contributed by atoms with Gasteiger partial charge in [-0.2, -0.15) is 0 Å². The number of anilines is 2. The summed E-state index contributed by atoms with van der Waals surface area (Å²) in [6, 6.07) is 3.82. The lowest BCUT2D eigenvalue weighted by molar-refractivity contribution is 0.179. The van der Waals surface area contributed by atoms with Crippen molar-refractivity contribution in [1.82, 2.24) is 4.98 Å². The highest BCUT2D eigenvalue weighted by Crippen LogP contribution is 2.09. The number of pyridine rings is 1. The molecule has 0 amide bonds. The Morgan fingerprint density at radius 2 is 2.21 bits per heavy atom. The summed E-state index contributed by atoms with van der Waals surface area (Å²) in [6.07, 6.45) is 2.01. The molecule has 2 atom stereocenters. The van der Waals surface area contributed by atoms with E-state index in [-0.39, 0.29) is 12.1 Å². The second kappa shape index (κ2) is 4.81. The zero-order valence-corrected chi connectivity index (χ0v) is 8.57. The highest BCUT2D eigenvalue weighted by Gasteiger charge is 2.05. The van der Waals surface area contributed by atoms with Crippen LogP contribution < -0.4 is 11.1 Å². The highest BCUT2D eigenvalue weighted by molar-refractivity contribution is 5.44. The minimum atomic E-state index is -0.300. The van der Waals surface area contributed by atoms with Gasteiger partial charge in [-0.15, -0.1) is 0 Å². The van der Waals surface area contributed by atoms with Crippen molar-refractivity contribution in [3.05, 3.63) is 18.3 Å². The van der Waals surface area contributed by atoms with Crippen LogP contribution in [0.1, 0.15) is 20.3 Å². The van der Waals surface area contributed by atoms with Crippen molar-refractivity contribution in [1.29, 1.82) is 0 Å². The van der Waals surface area contributed by atoms with Crippen molar-refractivity contribution in [3.8, 4) is 0 Å². The summed E-state index contributed by atoms with van der Waals surface area (Å²) in [5.41, 5.74) is 6.16. The van der Waals surface area contributed by atoms with Gasteiger partial charge in [0.2, 0.25) is 0 Å². The molecular formula is C10H17N3O. The summed E-state index contributed by atoms with van der Waals surface area (Å²) < 4.78 is 0. The van der Waals surface area contributed by atoms with Crippen LogP contribution in [0.3, 0.4) is 0 Å². The number of hydrogen-bond acceptors (Lipinski definition) is 4. The highest BCUT2D eigenvalue weighted by atomic mass is 16.3. The van der Waals surface area contributed by atoms with Gasteiger partial charge in [0.05, 0.1) is 18.0 Å². The lowest BCUT2D eigenvalue weighted by Gasteiger charge is -2.15. The Bertz CT molecular complexity index is 271. The molecular weight excluding hydrogens is 178 g/mol. The van der Waals surface area contributed by atoms with Gasteiger partial charge in [0, 0.05) is 6.04 Å². The summed E-state index contributed by atoms with van der Waals surface area (Å²) in [5.74, 6) is 0.785. The predicted molar refractivity (Wildman–Crippen MR) is 58.0 cm³/mol. The van der Waals surface area contributed by atoms with Gasteiger partial charge in [-0.25, -0.2) is 4.98 Å². The number of hydrogen-bond donors (Lipinski definition) is 3. The fourth-order valence-corrected chi connectivity index (χ4v) is 1.31. The topological polar surface area (TPSA) is 71.2 Å². The van der Waals surface area contributed by atoms with Crippen molar-refractivity contribution < 1.29 is 5.11 Å². The molecule has 0 radical (unpaired) electrons. The Hall–Kier alpha value is -1.29. The molecule has 0 aliphatic rings. The number of nitrogens with two attached hydrogens (primary N) is 1. The average molecular weight is 195 g/mol. The molecule has 0 saturated carbocycles. The molecule has 0 aliphatic heterocycles. The fourth-order valence-electron chi connectivity index (χ4n) is 1.31. The van der Waals surface area contributed by atoms with Crippen LogP contribution in [-0.2, 0) is 0 Å². The minimum Gasteiger partial charge on any atom is -0.397 e. The minimum absolute atomic E-state index is 0.200. The molecule has 1 aromatic rings. The number of nitrogens with zero attached hydrogens (tertiary/aromatic N) is 1. The molecule has 14 heavy (non-hydrogen) atoms. The molecule has 2 unspecified atom stereocenters. The van der Waals surface area contributed by atoms with E-state index in [0.717, 1.165) is 5.82 Å². The maximum atomic E-state index is 9.16. The van der Waals surface area contributed by atoms with Crippen molar-refractivity contribution in [2.75, 3.05) is 11.1 Å². The van der Waals surface area contributed by atoms with Crippen molar-refractivity contribution in [3.63, 3.8) is 0 Å². The molecule has 78 valence electrons. The van der Waals surface area contributed by atoms with Gasteiger partial charge < -0.3 is 16.2 Å². The Labute approximate surface area is 84.2 Å². The number of aliphatic hydroxyl groups is 1. The number of aromatic nitrogens is 1. The first-order chi connectivity index (χ1) is 6.58. The standard InChI is InChI=1S/C10H17N3O/c1-7(5-8(2)14)13-10-4-3-9(11)6-12-10/h3-4,6-8,14H,5,11H2,1-2H3,(H,12,13). The summed E-state index contributed by atoms with van der Waals surface area (Å²) >= 11 is 0. The molecule has 0 saturated heterocycles. The normalized spacial score (nSPS) is 14.8. The maximum absolute atomic E-state index is 9.16. The van der Waals surface area contributed by atoms with Crippen LogP contribution in [0.25, 0.3) is 0 Å². The molecule has 0 bridgehead atoms. The van der Waals surface area contributed by atoms with Crippen LogP contribution >= 0.6 is 0 Å². The van der Waals surface area contributed by atoms with Crippen LogP contribution in [0.5, 0.6) is 0 Å². The third-order valence-corrected chi connectivity index (χ3v) is 1.88. The largest absolute Gasteiger partial charge is 0.397 e. The monoisotopic (exact) mass is 195 g/mol. The smallest absolute Gasteiger partial charge is 0.126 e. The van der Waals surface area contributed by atoms with Crippen molar-refractivity contribution in [2.45, 2.75) is 32.4 Å². The third kappa shape index (κ3) is 3.62. The first-order valence-corrected chi connectivity index (χ1v) is 4.74. The second-order valence-corrected chi connectivity index (χ2v) is 3.61. The fraction of sp³-hybridized carbons (Fsp3) is 0.500. The molecule has 0 fully saturated rings. The van der Waals surface area contributed by atoms with Crippen molar-refractivity contribution in [2.24, 2.45) is 0 Å². The van der Waals surface area contributed by atoms with E-state index in [1.54, 1.807) is 19.2 Å². The Morgan fingerprint density at radius 1 is 1.50 bits per heavy atom. The molecule has 0 spiro atoms. The Morgan fingerprint density at radius 3 is 2.71 bits per heavy atom. The van der Waals surface area contributed by atoms with Gasteiger partial charge in [-0.1, -0.05) is 0 Å². The van der Waals surface area contributed by atoms with Gasteiger partial charge in [0.25, 0.3) is 0 Å². The SMILES string of the molecule is CC(O)CC(C)Nc1ccc(N)cn1. The summed E-state index contributed by atoms with van der Waals surface area (Å²) in [4.78, 5) is 4.11. The van der Waals surface area contributed by atoms with E-state index in [1.165, 1.54) is 0 Å². The van der Waals surface area contributed by atoms with Crippen molar-refractivity contribution >= 4 is 11.5 Å². The van der Waals surface area contributed by atoms with Crippen LogP contribution in [0.15, 0.2) is 18.3 Å². The van der Waals surface area contributed by atoms with E-state index in [2.05, 4.69) is 10.3 Å². The zero-order valence-electron chi connectivity index (χ0n) is 8.57. The van der Waals surface area contributed by atoms with Crippen LogP contribution in [-0.4, -0.2) is 22.2 Å². The summed E-state index contributed by atoms with van der Waals surface area (Å²) in [6.45, 7) is 3.78. The van der Waals surface area contributed by atoms with E-state index < -0.39 is 0 Å². The molecule has 1 heterocycles. The Balaban J connectivity index is 2.47. The molecule has 0 aromatic carbocycles. The van der Waals surface area contributed by atoms with Gasteiger partial charge >= 0.3 is 0 Å². The first-order valence-electron chi connectivity index (χ1n) is 4.74. The molecule has 1 rings (SSSR count). The van der Waals surface area contributed by atoms with Crippen LogP contribution in [0.4, 0.5) is 11.5 Å². The maximum Gasteiger partial charge on any atom is 0.126 e. The Kier molecular flexibility index (Phi) is 3.71. The van der Waals surface area contributed by atoms with Crippen LogP contribution in [0.2, 0.25) is 0 Å². The second-order valence-electron chi connectivity index (χ2n) is 3.61. The molecule has 4 nitrogen and oxygen atoms in total. The molecule has 0 aliphatic carbocycles. The van der Waals surface area contributed by atoms with Gasteiger partial charge in [-0.3, -0.25) is 0 Å². The number of nitrogen functional groups attached to an aromatic ring is 1. The number of nitrogens with one attached hydrogen (secondary N) is 1. The third-order valence-electron chi connectivity index (χ3n) is 1.88. The van der Waals surface area contributed by atoms with E-state index in [1.807, 2.05) is 13.0 Å². The summed E-state index contributed by atoms with van der Waals surface area (Å²) in [5, 5.41) is 12.3. The predicted octanol–water partition coefficient (Wildman–Crippen LogP) is 1.24. The first kappa shape index (κ1) is 10.8. The van der Waals surface area contributed by atoms with E-state index in [4.69, 9.17) is 10.8 Å². The molecule has 4 N–H and O–H groups in total. The molecule has 1 aromatic heterocycles. The van der Waals surface area contributed by atoms with E-state index in [9.17, 15) is 0 Å². The average Bonchev–Trinajstić information content (AvgIpc) is 2.07. The number of aliphatic hydroxyl groups excluding tert-OH is 1. The van der Waals surface area contributed by atoms with E-state index >= 15 is 0 Å². The summed E-state index contributed by atoms with van der Waals surface area (Å²) in [7, 11) is 0. The lowest BCUT2D eigenvalue weighted by atomic mass is 10.1. The zero-order chi connectivity index (χ0) is 10.6. The van der Waals surface area contributed by atoms with Gasteiger partial charge in [0.1, 0.15) is 5.82 Å². The quantitative estimate of drug-likeness (QED) is 0.676. The molecule has 4 heteroatoms. The van der Waals surface area contributed by atoms with E-state index in [0.29, 0.717) is 12.1 Å². The van der Waals surface area contributed by atoms with Gasteiger partial charge in [0.15, 0.2) is 0 Å². The number of rotatable bonds is 4. The van der Waals surface area contributed by atoms with Crippen LogP contribution in [0, 0.1) is 0 Å².